The van der Waals surface area contributed by atoms with E-state index in [-0.39, 0.29) is 111 Å². The first-order valence-electron chi connectivity index (χ1n) is 31.5. The molecule has 6 heteroatoms. The summed E-state index contributed by atoms with van der Waals surface area (Å²) in [6.07, 6.45) is 0. The molecule has 4 aromatic heterocycles. The predicted molar refractivity (Wildman–Crippen MR) is 314 cm³/mol. The van der Waals surface area contributed by atoms with Gasteiger partial charge in [0.05, 0.1) is 76.9 Å². The number of nitriles is 1. The molecule has 4 nitrogen and oxygen atoms in total. The minimum Gasteiger partial charge on any atom is -0.318 e. The van der Waals surface area contributed by atoms with Gasteiger partial charge in [0.1, 0.15) is 6.07 Å². The van der Waals surface area contributed by atoms with Crippen LogP contribution in [0.5, 0.6) is 0 Å². The maximum absolute atomic E-state index is 12.5. The molecule has 0 atom stereocenters. The Bertz CT molecular complexity index is 6110. The lowest BCUT2D eigenvalue weighted by Gasteiger charge is -2.26. The molecule has 12 aromatic carbocycles. The monoisotopic (exact) mass is 988 g/mol. The average molecular weight is 989 g/mol. The Balaban J connectivity index is 1.27. The summed E-state index contributed by atoms with van der Waals surface area (Å²) in [6.45, 7) is 9.54. The molecule has 16 aromatic rings. The molecule has 0 fully saturated rings. The van der Waals surface area contributed by atoms with Gasteiger partial charge in [-0.2, -0.15) is 5.26 Å². The number of aromatic nitrogens is 2. The summed E-state index contributed by atoms with van der Waals surface area (Å²) < 4.78 is 155. The Hall–Kier alpha value is -9.56. The molecule has 340 valence electrons. The Morgan fingerprint density at radius 1 is 0.446 bits per heavy atom. The molecule has 0 N–H and O–H groups in total. The van der Waals surface area contributed by atoms with E-state index in [9.17, 15) is 24.2 Å². The van der Waals surface area contributed by atoms with Crippen LogP contribution in [-0.4, -0.2) is 9.13 Å². The van der Waals surface area contributed by atoms with Crippen LogP contribution < -0.4 is 0 Å². The van der Waals surface area contributed by atoms with Gasteiger partial charge in [0.2, 0.25) is 5.69 Å². The molecule has 0 aliphatic heterocycles. The van der Waals surface area contributed by atoms with Gasteiger partial charge in [-0.3, -0.25) is 0 Å². The van der Waals surface area contributed by atoms with E-state index in [1.54, 1.807) is 77.4 Å². The number of benzene rings is 12. The fraction of sp³-hybridized carbons (Fsp3) is 0. The van der Waals surface area contributed by atoms with Crippen LogP contribution in [0.3, 0.4) is 0 Å². The van der Waals surface area contributed by atoms with Crippen LogP contribution in [0.15, 0.2) is 218 Å². The number of hydrogen-bond acceptors (Lipinski definition) is 3. The van der Waals surface area contributed by atoms with Crippen molar-refractivity contribution in [2.24, 2.45) is 0 Å². The second-order valence-electron chi connectivity index (χ2n) is 18.0. The summed E-state index contributed by atoms with van der Waals surface area (Å²) in [4.78, 5) is 4.42. The van der Waals surface area contributed by atoms with Crippen LogP contribution in [0.25, 0.3) is 155 Å². The Kier molecular flexibility index (Phi) is 5.95. The third-order valence-corrected chi connectivity index (χ3v) is 16.7. The van der Waals surface area contributed by atoms with Crippen LogP contribution in [0, 0.1) is 17.9 Å². The van der Waals surface area contributed by atoms with Crippen LogP contribution in [0.4, 0.5) is 5.69 Å². The zero-order valence-electron chi connectivity index (χ0n) is 54.2. The van der Waals surface area contributed by atoms with Crippen LogP contribution in [0.2, 0.25) is 0 Å². The van der Waals surface area contributed by atoms with E-state index >= 15 is 0 Å². The van der Waals surface area contributed by atoms with Gasteiger partial charge in [-0.25, -0.2) is 4.85 Å². The number of rotatable bonds is 5. The fourth-order valence-electron chi connectivity index (χ4n) is 11.6. The summed E-state index contributed by atoms with van der Waals surface area (Å²) in [5.41, 5.74) is 2.30. The number of hydrogen-bond donors (Lipinski definition) is 0. The molecular weight excluding hydrogens is 937 g/mol. The number of nitrogens with zero attached hydrogens (tertiary/aromatic N) is 4. The average Bonchev–Trinajstić information content (AvgIpc) is 1.49. The Labute approximate surface area is 454 Å². The van der Waals surface area contributed by atoms with Gasteiger partial charge in [-0.15, -0.1) is 22.7 Å². The van der Waals surface area contributed by atoms with Crippen molar-refractivity contribution >= 4 is 134 Å². The Morgan fingerprint density at radius 2 is 1.08 bits per heavy atom. The largest absolute Gasteiger partial charge is 0.318 e. The van der Waals surface area contributed by atoms with E-state index in [2.05, 4.69) is 10.9 Å². The minimum atomic E-state index is -0.638. The predicted octanol–water partition coefficient (Wildman–Crippen LogP) is 19.8. The zero-order valence-corrected chi connectivity index (χ0v) is 39.8. The van der Waals surface area contributed by atoms with Gasteiger partial charge < -0.3 is 9.13 Å². The number of fused-ring (bicyclic) bond motifs is 14. The van der Waals surface area contributed by atoms with E-state index in [0.29, 0.717) is 53.1 Å². The lowest BCUT2D eigenvalue weighted by Crippen LogP contribution is -2.09. The van der Waals surface area contributed by atoms with Crippen LogP contribution >= 0.6 is 22.7 Å². The molecule has 0 bridgehead atoms. The van der Waals surface area contributed by atoms with Gasteiger partial charge in [-0.1, -0.05) is 188 Å². The zero-order chi connectivity index (χ0) is 62.7. The van der Waals surface area contributed by atoms with Gasteiger partial charge in [0, 0.05) is 63.6 Å². The standard InChI is InChI=1S/C68H36N4S2/c1-70-62-57(40-21-7-3-8-22-40)52(38-69)63(58(41-23-9-4-10-24-41)65(62)71-53-31-17-29-46-42-25-11-12-26-43(42)47-30-18-32-54(71)61(47)60(46)53)72-64-49(36-35-48-44-27-13-15-33-55(44)73-67(48)64)59-50(39-19-5-2-6-20-39)37-51-45-28-14-16-34-56(45)74-68(51)66(59)72/h2-37H/i2D,5D,6D,11D,12D,14D,16D,17D,19D,20D,25D,26D,28D,29D,31D,34D. The molecule has 16 rings (SSSR count). The summed E-state index contributed by atoms with van der Waals surface area (Å²) in [5, 5.41) is 16.4. The van der Waals surface area contributed by atoms with E-state index < -0.39 is 78.6 Å². The highest BCUT2D eigenvalue weighted by Gasteiger charge is 2.34. The van der Waals surface area contributed by atoms with Crippen LogP contribution in [0.1, 0.15) is 27.5 Å². The molecule has 0 saturated carbocycles. The molecule has 0 unspecified atom stereocenters. The normalized spacial score (nSPS) is 15.1. The lowest BCUT2D eigenvalue weighted by molar-refractivity contribution is 1.14. The van der Waals surface area contributed by atoms with Gasteiger partial charge in [0.15, 0.2) is 0 Å². The van der Waals surface area contributed by atoms with Crippen molar-refractivity contribution in [3.8, 4) is 50.8 Å². The highest BCUT2D eigenvalue weighted by atomic mass is 32.1. The van der Waals surface area contributed by atoms with Crippen molar-refractivity contribution in [1.29, 1.82) is 5.26 Å². The molecule has 0 spiro atoms. The first-order chi connectivity index (χ1) is 43.3. The van der Waals surface area contributed by atoms with Gasteiger partial charge in [0.25, 0.3) is 0 Å². The minimum absolute atomic E-state index is 0.00527. The molecule has 0 saturated heterocycles. The quantitative estimate of drug-likeness (QED) is 0.125. The lowest BCUT2D eigenvalue weighted by atomic mass is 9.88. The summed E-state index contributed by atoms with van der Waals surface area (Å²) in [6, 6.07) is 30.8. The molecule has 0 aliphatic carbocycles. The van der Waals surface area contributed by atoms with Crippen molar-refractivity contribution in [3.63, 3.8) is 0 Å². The highest BCUT2D eigenvalue weighted by molar-refractivity contribution is 7.27. The molecule has 74 heavy (non-hydrogen) atoms. The first kappa shape index (κ1) is 28.5. The third-order valence-electron chi connectivity index (χ3n) is 14.4. The van der Waals surface area contributed by atoms with Crippen molar-refractivity contribution in [2.75, 3.05) is 0 Å². The van der Waals surface area contributed by atoms with E-state index in [1.807, 2.05) is 53.1 Å². The topological polar surface area (TPSA) is 38.0 Å². The second kappa shape index (κ2) is 15.5. The SMILES string of the molecule is [2H]c1c([2H])c([2H])c(-c2cc3c(sc4c([2H])c([2H])c([2H])c([2H])c43)c3c2c2ccc4c5ccccc5sc4c2n3-c2c(C#N)c(-c3ccccc3)c([N+]#[C-])c(-n3c4cccc5c6c([2H])c([2H])c([2H])c([2H])c6c6c([2H])c([2H])c([2H])c3c6c54)c2-c2ccccc2)c([2H])c1[2H]. The number of thiophene rings is 2. The third kappa shape index (κ3) is 5.43. The van der Waals surface area contributed by atoms with Crippen molar-refractivity contribution < 1.29 is 21.9 Å². The van der Waals surface area contributed by atoms with Crippen LogP contribution in [-0.2, 0) is 0 Å². The highest BCUT2D eigenvalue weighted by Crippen LogP contribution is 2.56. The fourth-order valence-corrected chi connectivity index (χ4v) is 14.0. The maximum atomic E-state index is 12.5. The first-order valence-corrected chi connectivity index (χ1v) is 25.1. The van der Waals surface area contributed by atoms with E-state index in [1.165, 1.54) is 11.3 Å². The smallest absolute Gasteiger partial charge is 0.220 e. The van der Waals surface area contributed by atoms with Crippen molar-refractivity contribution in [2.45, 2.75) is 0 Å². The molecule has 4 heterocycles. The van der Waals surface area contributed by atoms with Crippen molar-refractivity contribution in [1.82, 2.24) is 9.13 Å². The molecule has 0 amide bonds. The summed E-state index contributed by atoms with van der Waals surface area (Å²) >= 11 is 2.52. The molecule has 0 radical (unpaired) electrons. The summed E-state index contributed by atoms with van der Waals surface area (Å²) in [7, 11) is 0. The maximum Gasteiger partial charge on any atom is 0.220 e. The second-order valence-corrected chi connectivity index (χ2v) is 20.1. The molecular formula is C68H36N4S2. The van der Waals surface area contributed by atoms with Crippen molar-refractivity contribution in [3.05, 3.63) is 235 Å². The van der Waals surface area contributed by atoms with E-state index in [0.717, 1.165) is 26.8 Å². The Morgan fingerprint density at radius 3 is 1.86 bits per heavy atom. The van der Waals surface area contributed by atoms with Gasteiger partial charge in [-0.05, 0) is 74.1 Å². The summed E-state index contributed by atoms with van der Waals surface area (Å²) in [5.74, 6) is 0. The van der Waals surface area contributed by atoms with Gasteiger partial charge >= 0.3 is 0 Å². The van der Waals surface area contributed by atoms with E-state index in [4.69, 9.17) is 9.60 Å². The molecule has 0 aliphatic rings.